The first kappa shape index (κ1) is 32.1. The molecule has 11 nitrogen and oxygen atoms in total. The highest BCUT2D eigenvalue weighted by atomic mass is 35.5. The maximum absolute atomic E-state index is 14.1. The summed E-state index contributed by atoms with van der Waals surface area (Å²) in [5.41, 5.74) is 0.924. The van der Waals surface area contributed by atoms with E-state index in [2.05, 4.69) is 10.3 Å². The van der Waals surface area contributed by atoms with Crippen LogP contribution in [0.3, 0.4) is 0 Å². The number of rotatable bonds is 8. The van der Waals surface area contributed by atoms with Gasteiger partial charge in [0, 0.05) is 5.02 Å². The Morgan fingerprint density at radius 2 is 1.87 bits per heavy atom. The van der Waals surface area contributed by atoms with Gasteiger partial charge < -0.3 is 19.5 Å². The molecule has 0 bridgehead atoms. The number of hydrogen-bond acceptors (Lipinski definition) is 10. The van der Waals surface area contributed by atoms with Crippen molar-refractivity contribution >= 4 is 69.8 Å². The zero-order valence-corrected chi connectivity index (χ0v) is 27.3. The molecular weight excluding hydrogens is 640 g/mol. The van der Waals surface area contributed by atoms with Crippen molar-refractivity contribution in [2.45, 2.75) is 39.8 Å². The maximum Gasteiger partial charge on any atom is 0.338 e. The van der Waals surface area contributed by atoms with E-state index >= 15 is 0 Å². The summed E-state index contributed by atoms with van der Waals surface area (Å²) in [6.45, 7) is 7.23. The number of nitrogens with zero attached hydrogens (tertiary/aromatic N) is 3. The molecule has 5 rings (SSSR count). The Kier molecular flexibility index (Phi) is 9.23. The van der Waals surface area contributed by atoms with E-state index in [4.69, 9.17) is 38.0 Å². The number of amides is 2. The van der Waals surface area contributed by atoms with Gasteiger partial charge in [0.1, 0.15) is 5.92 Å². The molecule has 14 heteroatoms. The van der Waals surface area contributed by atoms with Crippen LogP contribution in [0.15, 0.2) is 63.5 Å². The van der Waals surface area contributed by atoms with Crippen LogP contribution in [0.2, 0.25) is 5.02 Å². The van der Waals surface area contributed by atoms with Crippen LogP contribution in [0.5, 0.6) is 11.5 Å². The minimum Gasteiger partial charge on any atom is -0.493 e. The Labute approximate surface area is 272 Å². The van der Waals surface area contributed by atoms with E-state index in [0.717, 1.165) is 11.3 Å². The molecule has 0 unspecified atom stereocenters. The number of nitrogens with one attached hydrogen (secondary N) is 1. The summed E-state index contributed by atoms with van der Waals surface area (Å²) >= 11 is 12.3. The van der Waals surface area contributed by atoms with Gasteiger partial charge in [-0.25, -0.2) is 9.79 Å². The van der Waals surface area contributed by atoms with Crippen LogP contribution in [0, 0.1) is 5.92 Å². The van der Waals surface area contributed by atoms with E-state index < -0.39 is 35.3 Å². The quantitative estimate of drug-likeness (QED) is 0.220. The lowest BCUT2D eigenvalue weighted by molar-refractivity contribution is -0.139. The van der Waals surface area contributed by atoms with Crippen LogP contribution in [-0.4, -0.2) is 47.3 Å². The summed E-state index contributed by atoms with van der Waals surface area (Å²) in [5.74, 6) is -2.41. The van der Waals surface area contributed by atoms with Crippen molar-refractivity contribution in [3.05, 3.63) is 84.0 Å². The van der Waals surface area contributed by atoms with Gasteiger partial charge in [-0.15, -0.1) is 0 Å². The largest absolute Gasteiger partial charge is 0.493 e. The number of allylic oxidation sites excluding steroid dienone is 1. The van der Waals surface area contributed by atoms with Crippen molar-refractivity contribution in [2.24, 2.45) is 10.9 Å². The van der Waals surface area contributed by atoms with Gasteiger partial charge in [-0.2, -0.15) is 0 Å². The van der Waals surface area contributed by atoms with Gasteiger partial charge >= 0.3 is 5.97 Å². The predicted molar refractivity (Wildman–Crippen MR) is 173 cm³/mol. The number of esters is 1. The Bertz CT molecular complexity index is 1930. The lowest BCUT2D eigenvalue weighted by atomic mass is 9.95. The van der Waals surface area contributed by atoms with Crippen molar-refractivity contribution in [1.82, 2.24) is 9.88 Å². The minimum atomic E-state index is -1.37. The number of methoxy groups -OCH3 is 1. The molecule has 1 fully saturated rings. The minimum absolute atomic E-state index is 0.0840. The highest BCUT2D eigenvalue weighted by molar-refractivity contribution is 7.80. The third kappa shape index (κ3) is 6.15. The van der Waals surface area contributed by atoms with Gasteiger partial charge in [0.15, 0.2) is 21.4 Å². The molecule has 1 aromatic heterocycles. The molecule has 3 aromatic rings. The summed E-state index contributed by atoms with van der Waals surface area (Å²) in [5, 5.41) is 2.91. The zero-order valence-electron chi connectivity index (χ0n) is 25.0. The molecule has 234 valence electrons. The summed E-state index contributed by atoms with van der Waals surface area (Å²) < 4.78 is 18.2. The van der Waals surface area contributed by atoms with Crippen LogP contribution < -0.4 is 34.6 Å². The smallest absolute Gasteiger partial charge is 0.338 e. The predicted octanol–water partition coefficient (Wildman–Crippen LogP) is 3.26. The topological polar surface area (TPSA) is 129 Å². The number of carbonyl (C=O) groups is 3. The van der Waals surface area contributed by atoms with E-state index in [1.807, 2.05) is 13.8 Å². The molecule has 2 aliphatic rings. The third-order valence-corrected chi connectivity index (χ3v) is 8.53. The number of carbonyl (C=O) groups excluding carboxylic acids is 3. The van der Waals surface area contributed by atoms with Crippen LogP contribution in [0.25, 0.3) is 6.08 Å². The van der Waals surface area contributed by atoms with Gasteiger partial charge in [0.25, 0.3) is 5.56 Å². The zero-order chi connectivity index (χ0) is 32.6. The van der Waals surface area contributed by atoms with Crippen molar-refractivity contribution in [3.8, 4) is 11.5 Å². The highest BCUT2D eigenvalue weighted by Gasteiger charge is 2.39. The van der Waals surface area contributed by atoms with Crippen LogP contribution >= 0.6 is 35.2 Å². The second-order valence-electron chi connectivity index (χ2n) is 10.3. The number of thiocarbonyl (C=S) groups is 1. The number of fused-ring (bicyclic) bond motifs is 1. The number of ether oxygens (including phenoxy) is 3. The molecule has 2 amide bonds. The first-order chi connectivity index (χ1) is 21.4. The second-order valence-corrected chi connectivity index (χ2v) is 12.2. The first-order valence-electron chi connectivity index (χ1n) is 13.9. The SMILES string of the molecule is CCOC(=O)C1=C(C)N=c2s/c(=C\[C@H]3C(=O)NC(=S)N(c4ccc(Cl)cc4)C3=O)c(=O)n2[C@H]1c1ccc(OC(C)C)c(OC)c1. The molecule has 0 saturated carbocycles. The Balaban J connectivity index is 1.65. The average molecular weight is 669 g/mol. The molecule has 2 aromatic carbocycles. The molecule has 3 heterocycles. The number of halogens is 1. The fourth-order valence-corrected chi connectivity index (χ4v) is 6.53. The van der Waals surface area contributed by atoms with E-state index in [1.165, 1.54) is 22.7 Å². The van der Waals surface area contributed by atoms with E-state index in [9.17, 15) is 19.2 Å². The fraction of sp³-hybridized carbons (Fsp3) is 0.290. The monoisotopic (exact) mass is 668 g/mol. The number of aromatic nitrogens is 1. The summed E-state index contributed by atoms with van der Waals surface area (Å²) in [6, 6.07) is 10.6. The van der Waals surface area contributed by atoms with Gasteiger partial charge in [-0.1, -0.05) is 29.0 Å². The first-order valence-corrected chi connectivity index (χ1v) is 15.5. The van der Waals surface area contributed by atoms with Crippen LogP contribution in [0.1, 0.15) is 39.3 Å². The molecule has 0 spiro atoms. The van der Waals surface area contributed by atoms with E-state index in [-0.39, 0.29) is 32.7 Å². The Hall–Kier alpha value is -4.33. The molecule has 1 saturated heterocycles. The number of thiazole rings is 1. The maximum atomic E-state index is 14.1. The van der Waals surface area contributed by atoms with Gasteiger partial charge in [0.05, 0.1) is 47.4 Å². The lowest BCUT2D eigenvalue weighted by Gasteiger charge is -2.31. The molecule has 2 atom stereocenters. The van der Waals surface area contributed by atoms with Crippen molar-refractivity contribution in [2.75, 3.05) is 18.6 Å². The molecule has 0 aliphatic carbocycles. The number of benzene rings is 2. The van der Waals surface area contributed by atoms with Gasteiger partial charge in [-0.3, -0.25) is 23.9 Å². The third-order valence-electron chi connectivity index (χ3n) is 6.99. The average Bonchev–Trinajstić information content (AvgIpc) is 3.29. The van der Waals surface area contributed by atoms with Crippen LogP contribution in [0.4, 0.5) is 5.69 Å². The summed E-state index contributed by atoms with van der Waals surface area (Å²) in [4.78, 5) is 60.0. The van der Waals surface area contributed by atoms with Gasteiger partial charge in [0.2, 0.25) is 11.8 Å². The normalized spacial score (nSPS) is 18.5. The number of anilines is 1. The van der Waals surface area contributed by atoms with E-state index in [0.29, 0.717) is 33.5 Å². The second kappa shape index (κ2) is 13.0. The summed E-state index contributed by atoms with van der Waals surface area (Å²) in [7, 11) is 1.50. The highest BCUT2D eigenvalue weighted by Crippen LogP contribution is 2.36. The molecule has 0 radical (unpaired) electrons. The molecule has 2 aliphatic heterocycles. The fourth-order valence-electron chi connectivity index (χ4n) is 5.05. The van der Waals surface area contributed by atoms with E-state index in [1.54, 1.807) is 56.3 Å². The summed E-state index contributed by atoms with van der Waals surface area (Å²) in [6.07, 6.45) is 1.18. The molecule has 45 heavy (non-hydrogen) atoms. The Morgan fingerprint density at radius 1 is 1.16 bits per heavy atom. The molecule has 1 N–H and O–H groups in total. The van der Waals surface area contributed by atoms with Crippen LogP contribution in [-0.2, 0) is 19.1 Å². The van der Waals surface area contributed by atoms with Gasteiger partial charge in [-0.05, 0) is 88.0 Å². The van der Waals surface area contributed by atoms with Crippen molar-refractivity contribution in [3.63, 3.8) is 0 Å². The molecular formula is C31H29ClN4O7S2. The van der Waals surface area contributed by atoms with Crippen molar-refractivity contribution in [1.29, 1.82) is 0 Å². The van der Waals surface area contributed by atoms with Crippen molar-refractivity contribution < 1.29 is 28.6 Å². The standard InChI is InChI=1S/C31H29ClN4O7S2/c1-6-42-29(40)24-16(4)33-31-36(25(24)17-7-12-21(43-15(2)3)22(13-17)41-5)28(39)23(45-31)14-20-26(37)34-30(44)35(27(20)38)19-10-8-18(32)9-11-19/h7-15,20,25H,6H2,1-5H3,(H,34,37,44)/b23-14-/t20-,25-/m0/s1. The lowest BCUT2D eigenvalue weighted by Crippen LogP contribution is -2.58. The Morgan fingerprint density at radius 3 is 2.51 bits per heavy atom. The number of hydrogen-bond donors (Lipinski definition) is 1.